The van der Waals surface area contributed by atoms with Gasteiger partial charge in [-0.15, -0.1) is 0 Å². The van der Waals surface area contributed by atoms with Gasteiger partial charge in [-0.1, -0.05) is 23.4 Å². The molecule has 0 spiro atoms. The summed E-state index contributed by atoms with van der Waals surface area (Å²) in [5.74, 6) is -1.93. The molecule has 0 radical (unpaired) electrons. The molecule has 1 aromatic heterocycles. The first-order valence-electron chi connectivity index (χ1n) is 8.63. The summed E-state index contributed by atoms with van der Waals surface area (Å²) in [7, 11) is 0. The second-order valence-electron chi connectivity index (χ2n) is 6.32. The molecule has 1 amide bonds. The van der Waals surface area contributed by atoms with Crippen molar-refractivity contribution in [1.82, 2.24) is 10.1 Å². The highest BCUT2D eigenvalue weighted by molar-refractivity contribution is 5.93. The van der Waals surface area contributed by atoms with Gasteiger partial charge < -0.3 is 14.3 Å². The Balaban J connectivity index is 1.43. The number of rotatable bonds is 3. The van der Waals surface area contributed by atoms with E-state index in [2.05, 4.69) is 10.1 Å². The van der Waals surface area contributed by atoms with Crippen molar-refractivity contribution in [2.24, 2.45) is 0 Å². The molecular weight excluding hydrogens is 352 g/mol. The van der Waals surface area contributed by atoms with Gasteiger partial charge in [0.25, 0.3) is 5.91 Å². The highest BCUT2D eigenvalue weighted by Crippen LogP contribution is 2.23. The fraction of sp³-hybridized carbons (Fsp3) is 0.200. The number of anilines is 1. The molecule has 1 saturated heterocycles. The third-order valence-electron chi connectivity index (χ3n) is 4.62. The van der Waals surface area contributed by atoms with Crippen LogP contribution >= 0.6 is 0 Å². The number of carbonyl (C=O) groups is 1. The Kier molecular flexibility index (Phi) is 4.58. The number of hydrogen-bond acceptors (Lipinski definition) is 4. The molecule has 1 aliphatic heterocycles. The molecule has 0 aliphatic carbocycles. The van der Waals surface area contributed by atoms with E-state index in [4.69, 9.17) is 4.52 Å². The maximum absolute atomic E-state index is 13.4. The Bertz CT molecular complexity index is 951. The van der Waals surface area contributed by atoms with Gasteiger partial charge in [-0.2, -0.15) is 0 Å². The van der Waals surface area contributed by atoms with Crippen LogP contribution in [0.5, 0.6) is 0 Å². The van der Waals surface area contributed by atoms with Crippen molar-refractivity contribution in [3.8, 4) is 11.3 Å². The van der Waals surface area contributed by atoms with Crippen LogP contribution in [0.15, 0.2) is 59.1 Å². The fourth-order valence-corrected chi connectivity index (χ4v) is 3.13. The first-order chi connectivity index (χ1) is 13.1. The quantitative estimate of drug-likeness (QED) is 0.708. The lowest BCUT2D eigenvalue weighted by atomic mass is 10.1. The summed E-state index contributed by atoms with van der Waals surface area (Å²) < 4.78 is 31.6. The first kappa shape index (κ1) is 17.2. The molecule has 0 unspecified atom stereocenters. The van der Waals surface area contributed by atoms with Crippen LogP contribution in [0.25, 0.3) is 11.3 Å². The largest absolute Gasteiger partial charge is 0.368 e. The Morgan fingerprint density at radius 1 is 0.926 bits per heavy atom. The second kappa shape index (κ2) is 7.19. The van der Waals surface area contributed by atoms with Crippen molar-refractivity contribution in [3.05, 3.63) is 71.9 Å². The molecule has 1 fully saturated rings. The lowest BCUT2D eigenvalue weighted by molar-refractivity contribution is 0.0736. The molecule has 7 heteroatoms. The fourth-order valence-electron chi connectivity index (χ4n) is 3.13. The summed E-state index contributed by atoms with van der Waals surface area (Å²) in [5, 5.41) is 3.80. The number of benzene rings is 2. The highest BCUT2D eigenvalue weighted by atomic mass is 19.2. The zero-order valence-electron chi connectivity index (χ0n) is 14.4. The summed E-state index contributed by atoms with van der Waals surface area (Å²) in [6.07, 6.45) is 0. The smallest absolute Gasteiger partial charge is 0.276 e. The van der Waals surface area contributed by atoms with E-state index in [1.54, 1.807) is 4.90 Å². The van der Waals surface area contributed by atoms with E-state index in [1.807, 2.05) is 30.3 Å². The summed E-state index contributed by atoms with van der Waals surface area (Å²) in [5.41, 5.74) is 1.61. The molecule has 2 aromatic carbocycles. The molecule has 27 heavy (non-hydrogen) atoms. The monoisotopic (exact) mass is 369 g/mol. The van der Waals surface area contributed by atoms with Crippen LogP contribution in [0.3, 0.4) is 0 Å². The maximum Gasteiger partial charge on any atom is 0.276 e. The van der Waals surface area contributed by atoms with E-state index >= 15 is 0 Å². The van der Waals surface area contributed by atoms with Gasteiger partial charge in [0.1, 0.15) is 0 Å². The van der Waals surface area contributed by atoms with Crippen LogP contribution < -0.4 is 4.90 Å². The van der Waals surface area contributed by atoms with Crippen molar-refractivity contribution in [3.63, 3.8) is 0 Å². The minimum absolute atomic E-state index is 0.155. The number of nitrogens with zero attached hydrogens (tertiary/aromatic N) is 3. The molecule has 1 aliphatic rings. The van der Waals surface area contributed by atoms with Gasteiger partial charge in [0, 0.05) is 43.5 Å². The number of hydrogen-bond donors (Lipinski definition) is 0. The molecule has 4 rings (SSSR count). The Morgan fingerprint density at radius 3 is 2.37 bits per heavy atom. The molecule has 138 valence electrons. The number of piperazine rings is 1. The van der Waals surface area contributed by atoms with Crippen molar-refractivity contribution in [2.45, 2.75) is 0 Å². The summed E-state index contributed by atoms with van der Waals surface area (Å²) >= 11 is 0. The summed E-state index contributed by atoms with van der Waals surface area (Å²) in [4.78, 5) is 16.6. The molecular formula is C20H17F2N3O2. The standard InChI is InChI=1S/C20H17F2N3O2/c21-16-7-6-14(12-17(16)22)19-13-18(23-27-19)20(26)25-10-8-24(9-11-25)15-4-2-1-3-5-15/h1-7,12-13H,8-11H2. The average molecular weight is 369 g/mol. The molecule has 3 aromatic rings. The van der Waals surface area contributed by atoms with E-state index in [9.17, 15) is 13.6 Å². The van der Waals surface area contributed by atoms with E-state index in [-0.39, 0.29) is 17.4 Å². The third-order valence-corrected chi connectivity index (χ3v) is 4.62. The van der Waals surface area contributed by atoms with Crippen LogP contribution in [0, 0.1) is 11.6 Å². The molecule has 0 bridgehead atoms. The Labute approximate surface area is 154 Å². The average Bonchev–Trinajstić information content (AvgIpc) is 3.20. The van der Waals surface area contributed by atoms with Crippen LogP contribution in [-0.2, 0) is 0 Å². The SMILES string of the molecule is O=C(c1cc(-c2ccc(F)c(F)c2)on1)N1CCN(c2ccccc2)CC1. The van der Waals surface area contributed by atoms with Crippen molar-refractivity contribution < 1.29 is 18.1 Å². The van der Waals surface area contributed by atoms with Crippen molar-refractivity contribution >= 4 is 11.6 Å². The molecule has 0 saturated carbocycles. The zero-order valence-corrected chi connectivity index (χ0v) is 14.4. The van der Waals surface area contributed by atoms with Crippen LogP contribution in [-0.4, -0.2) is 42.1 Å². The number of amides is 1. The number of para-hydroxylation sites is 1. The first-order valence-corrected chi connectivity index (χ1v) is 8.63. The van der Waals surface area contributed by atoms with Crippen molar-refractivity contribution in [1.29, 1.82) is 0 Å². The topological polar surface area (TPSA) is 49.6 Å². The van der Waals surface area contributed by atoms with Crippen molar-refractivity contribution in [2.75, 3.05) is 31.1 Å². The Hall–Kier alpha value is -3.22. The van der Waals surface area contributed by atoms with Crippen LogP contribution in [0.2, 0.25) is 0 Å². The Morgan fingerprint density at radius 2 is 1.67 bits per heavy atom. The lowest BCUT2D eigenvalue weighted by Gasteiger charge is -2.35. The predicted octanol–water partition coefficient (Wildman–Crippen LogP) is 3.58. The maximum atomic E-state index is 13.4. The predicted molar refractivity (Wildman–Crippen MR) is 96.4 cm³/mol. The van der Waals surface area contributed by atoms with E-state index in [0.717, 1.165) is 30.9 Å². The molecule has 2 heterocycles. The number of aromatic nitrogens is 1. The van der Waals surface area contributed by atoms with E-state index in [1.165, 1.54) is 12.1 Å². The van der Waals surface area contributed by atoms with Gasteiger partial charge in [0.2, 0.25) is 0 Å². The molecule has 5 nitrogen and oxygen atoms in total. The zero-order chi connectivity index (χ0) is 18.8. The minimum atomic E-state index is -0.978. The van der Waals surface area contributed by atoms with E-state index < -0.39 is 11.6 Å². The summed E-state index contributed by atoms with van der Waals surface area (Å²) in [6.45, 7) is 2.59. The molecule has 0 atom stereocenters. The van der Waals surface area contributed by atoms with Gasteiger partial charge in [-0.25, -0.2) is 8.78 Å². The van der Waals surface area contributed by atoms with Crippen LogP contribution in [0.1, 0.15) is 10.5 Å². The number of carbonyl (C=O) groups excluding carboxylic acids is 1. The normalized spacial score (nSPS) is 14.4. The van der Waals surface area contributed by atoms with Crippen LogP contribution in [0.4, 0.5) is 14.5 Å². The molecule has 0 N–H and O–H groups in total. The van der Waals surface area contributed by atoms with Gasteiger partial charge in [0.15, 0.2) is 23.1 Å². The van der Waals surface area contributed by atoms with Gasteiger partial charge in [-0.3, -0.25) is 4.79 Å². The second-order valence-corrected chi connectivity index (χ2v) is 6.32. The van der Waals surface area contributed by atoms with Gasteiger partial charge >= 0.3 is 0 Å². The van der Waals surface area contributed by atoms with Gasteiger partial charge in [-0.05, 0) is 30.3 Å². The van der Waals surface area contributed by atoms with Gasteiger partial charge in [0.05, 0.1) is 0 Å². The lowest BCUT2D eigenvalue weighted by Crippen LogP contribution is -2.48. The summed E-state index contributed by atoms with van der Waals surface area (Å²) in [6, 6.07) is 14.9. The van der Waals surface area contributed by atoms with E-state index in [0.29, 0.717) is 18.7 Å². The minimum Gasteiger partial charge on any atom is -0.368 e. The number of halogens is 2. The third kappa shape index (κ3) is 3.53. The highest BCUT2D eigenvalue weighted by Gasteiger charge is 2.25.